The fraction of sp³-hybridized carbons (Fsp3) is 0.500. The van der Waals surface area contributed by atoms with Crippen LogP contribution in [0.4, 0.5) is 8.78 Å². The van der Waals surface area contributed by atoms with Gasteiger partial charge in [-0.3, -0.25) is 4.57 Å². The predicted octanol–water partition coefficient (Wildman–Crippen LogP) is 3.01. The predicted molar refractivity (Wildman–Crippen MR) is 39.8 cm³/mol. The van der Waals surface area contributed by atoms with Gasteiger partial charge in [-0.25, -0.2) is 0 Å². The van der Waals surface area contributed by atoms with E-state index in [0.717, 1.165) is 10.1 Å². The Labute approximate surface area is 64.6 Å². The fourth-order valence-corrected chi connectivity index (χ4v) is 0.893. The first-order chi connectivity index (χ1) is 5.11. The van der Waals surface area contributed by atoms with E-state index in [1.54, 1.807) is 6.07 Å². The van der Waals surface area contributed by atoms with Gasteiger partial charge in [-0.2, -0.15) is 8.78 Å². The number of hydrogen-bond donors (Lipinski definition) is 0. The highest BCUT2D eigenvalue weighted by Crippen LogP contribution is 2.18. The number of alkyl halides is 2. The lowest BCUT2D eigenvalue weighted by atomic mass is 10.1. The van der Waals surface area contributed by atoms with E-state index >= 15 is 0 Å². The van der Waals surface area contributed by atoms with Crippen LogP contribution in [0.25, 0.3) is 0 Å². The average molecular weight is 159 g/mol. The summed E-state index contributed by atoms with van der Waals surface area (Å²) in [5.41, 5.74) is 0.949. The van der Waals surface area contributed by atoms with Crippen molar-refractivity contribution in [1.82, 2.24) is 4.57 Å². The molecular weight excluding hydrogens is 148 g/mol. The Morgan fingerprint density at radius 2 is 2.00 bits per heavy atom. The molecule has 1 rings (SSSR count). The Balaban J connectivity index is 2.82. The second-order valence-corrected chi connectivity index (χ2v) is 2.82. The maximum absolute atomic E-state index is 12.0. The topological polar surface area (TPSA) is 4.93 Å². The van der Waals surface area contributed by atoms with Crippen molar-refractivity contribution in [3.63, 3.8) is 0 Å². The van der Waals surface area contributed by atoms with Crippen LogP contribution in [0.2, 0.25) is 0 Å². The van der Waals surface area contributed by atoms with Gasteiger partial charge in [0.05, 0.1) is 0 Å². The van der Waals surface area contributed by atoms with Crippen LogP contribution in [-0.4, -0.2) is 4.57 Å². The Morgan fingerprint density at radius 3 is 2.27 bits per heavy atom. The first kappa shape index (κ1) is 8.24. The molecule has 1 nitrogen and oxygen atoms in total. The van der Waals surface area contributed by atoms with Gasteiger partial charge >= 0.3 is 6.55 Å². The Kier molecular flexibility index (Phi) is 2.27. The zero-order valence-corrected chi connectivity index (χ0v) is 6.59. The summed E-state index contributed by atoms with van der Waals surface area (Å²) in [5.74, 6) is 0.315. The van der Waals surface area contributed by atoms with Crippen LogP contribution in [0, 0.1) is 0 Å². The molecule has 1 aromatic heterocycles. The maximum atomic E-state index is 12.0. The minimum Gasteiger partial charge on any atom is -0.298 e. The first-order valence-electron chi connectivity index (χ1n) is 3.57. The Bertz CT molecular complexity index is 205. The molecule has 62 valence electrons. The average Bonchev–Trinajstić information content (AvgIpc) is 2.33. The zero-order chi connectivity index (χ0) is 8.43. The third kappa shape index (κ3) is 1.79. The number of aromatic nitrogens is 1. The van der Waals surface area contributed by atoms with Crippen LogP contribution in [0.1, 0.15) is 31.9 Å². The minimum absolute atomic E-state index is 0.315. The van der Waals surface area contributed by atoms with Crippen molar-refractivity contribution in [3.8, 4) is 0 Å². The summed E-state index contributed by atoms with van der Waals surface area (Å²) in [5, 5.41) is 0. The van der Waals surface area contributed by atoms with Gasteiger partial charge in [0.2, 0.25) is 0 Å². The Morgan fingerprint density at radius 1 is 1.36 bits per heavy atom. The summed E-state index contributed by atoms with van der Waals surface area (Å²) in [6.07, 6.45) is 2.88. The monoisotopic (exact) mass is 159 g/mol. The van der Waals surface area contributed by atoms with Crippen LogP contribution in [0.3, 0.4) is 0 Å². The summed E-state index contributed by atoms with van der Waals surface area (Å²) in [6.45, 7) is 1.54. The molecule has 3 heteroatoms. The van der Waals surface area contributed by atoms with Gasteiger partial charge in [0.1, 0.15) is 0 Å². The number of halogens is 2. The molecule has 0 fully saturated rings. The van der Waals surface area contributed by atoms with Crippen molar-refractivity contribution in [3.05, 3.63) is 24.0 Å². The number of nitrogens with zero attached hydrogens (tertiary/aromatic N) is 1. The molecule has 0 unspecified atom stereocenters. The quantitative estimate of drug-likeness (QED) is 0.625. The third-order valence-corrected chi connectivity index (χ3v) is 1.63. The lowest BCUT2D eigenvalue weighted by Gasteiger charge is -2.00. The molecule has 0 aliphatic carbocycles. The van der Waals surface area contributed by atoms with Crippen molar-refractivity contribution in [2.45, 2.75) is 26.3 Å². The third-order valence-electron chi connectivity index (χ3n) is 1.63. The van der Waals surface area contributed by atoms with E-state index in [4.69, 9.17) is 0 Å². The molecular formula is C8H11F2N. The van der Waals surface area contributed by atoms with Crippen molar-refractivity contribution in [2.24, 2.45) is 0 Å². The summed E-state index contributed by atoms with van der Waals surface area (Å²) in [7, 11) is 0. The maximum Gasteiger partial charge on any atom is 0.318 e. The summed E-state index contributed by atoms with van der Waals surface area (Å²) < 4.78 is 24.9. The highest BCUT2D eigenvalue weighted by molar-refractivity contribution is 5.14. The molecule has 1 aromatic rings. The molecule has 1 heterocycles. The van der Waals surface area contributed by atoms with Gasteiger partial charge < -0.3 is 0 Å². The molecule has 11 heavy (non-hydrogen) atoms. The second-order valence-electron chi connectivity index (χ2n) is 2.82. The molecule has 0 saturated heterocycles. The molecule has 0 atom stereocenters. The van der Waals surface area contributed by atoms with Crippen molar-refractivity contribution in [1.29, 1.82) is 0 Å². The van der Waals surface area contributed by atoms with Gasteiger partial charge in [0.25, 0.3) is 0 Å². The first-order valence-corrected chi connectivity index (χ1v) is 3.57. The van der Waals surface area contributed by atoms with Gasteiger partial charge in [-0.05, 0) is 17.5 Å². The van der Waals surface area contributed by atoms with Gasteiger partial charge in [-0.1, -0.05) is 13.8 Å². The second kappa shape index (κ2) is 3.03. The van der Waals surface area contributed by atoms with E-state index in [-0.39, 0.29) is 0 Å². The van der Waals surface area contributed by atoms with E-state index in [0.29, 0.717) is 5.92 Å². The van der Waals surface area contributed by atoms with E-state index in [1.165, 1.54) is 12.4 Å². The molecule has 0 aliphatic rings. The highest BCUT2D eigenvalue weighted by atomic mass is 19.3. The summed E-state index contributed by atoms with van der Waals surface area (Å²) in [6, 6.07) is 1.72. The molecule has 0 radical (unpaired) electrons. The molecule has 0 bridgehead atoms. The smallest absolute Gasteiger partial charge is 0.298 e. The van der Waals surface area contributed by atoms with Crippen LogP contribution in [-0.2, 0) is 0 Å². The van der Waals surface area contributed by atoms with Crippen molar-refractivity contribution < 1.29 is 8.78 Å². The Hall–Kier alpha value is -0.860. The van der Waals surface area contributed by atoms with E-state index in [2.05, 4.69) is 0 Å². The van der Waals surface area contributed by atoms with Gasteiger partial charge in [0.15, 0.2) is 0 Å². The van der Waals surface area contributed by atoms with E-state index < -0.39 is 6.55 Å². The molecule has 0 aromatic carbocycles. The van der Waals surface area contributed by atoms with Crippen molar-refractivity contribution in [2.75, 3.05) is 0 Å². The standard InChI is InChI=1S/C8H11F2N/c1-6(2)7-3-4-11(5-7)8(9)10/h3-6,8H,1-2H3. The van der Waals surface area contributed by atoms with E-state index in [1.807, 2.05) is 13.8 Å². The summed E-state index contributed by atoms with van der Waals surface area (Å²) in [4.78, 5) is 0. The normalized spacial score (nSPS) is 11.5. The largest absolute Gasteiger partial charge is 0.318 e. The molecule has 0 N–H and O–H groups in total. The fourth-order valence-electron chi connectivity index (χ4n) is 0.893. The molecule has 0 amide bonds. The number of rotatable bonds is 2. The molecule has 0 spiro atoms. The van der Waals surface area contributed by atoms with Crippen LogP contribution in [0.15, 0.2) is 18.5 Å². The van der Waals surface area contributed by atoms with E-state index in [9.17, 15) is 8.78 Å². The lowest BCUT2D eigenvalue weighted by molar-refractivity contribution is 0.0705. The molecule has 0 saturated carbocycles. The summed E-state index contributed by atoms with van der Waals surface area (Å²) >= 11 is 0. The lowest BCUT2D eigenvalue weighted by Crippen LogP contribution is -1.93. The van der Waals surface area contributed by atoms with Gasteiger partial charge in [0, 0.05) is 12.4 Å². The van der Waals surface area contributed by atoms with Gasteiger partial charge in [-0.15, -0.1) is 0 Å². The SMILES string of the molecule is CC(C)c1ccn(C(F)F)c1. The number of hydrogen-bond acceptors (Lipinski definition) is 0. The minimum atomic E-state index is -2.41. The van der Waals surface area contributed by atoms with Crippen LogP contribution < -0.4 is 0 Å². The van der Waals surface area contributed by atoms with Crippen LogP contribution in [0.5, 0.6) is 0 Å². The van der Waals surface area contributed by atoms with Crippen LogP contribution >= 0.6 is 0 Å². The highest BCUT2D eigenvalue weighted by Gasteiger charge is 2.06. The van der Waals surface area contributed by atoms with Crippen molar-refractivity contribution >= 4 is 0 Å². The zero-order valence-electron chi connectivity index (χ0n) is 6.59. The molecule has 0 aliphatic heterocycles.